The van der Waals surface area contributed by atoms with E-state index >= 15 is 0 Å². The number of carbonyl (C=O) groups is 1. The van der Waals surface area contributed by atoms with Crippen molar-refractivity contribution in [3.05, 3.63) is 36.2 Å². The minimum Gasteiger partial charge on any atom is -0.493 e. The van der Waals surface area contributed by atoms with Gasteiger partial charge in [-0.2, -0.15) is 13.9 Å². The highest BCUT2D eigenvalue weighted by atomic mass is 19.3. The zero-order chi connectivity index (χ0) is 14.5. The van der Waals surface area contributed by atoms with E-state index in [1.165, 1.54) is 37.7 Å². The van der Waals surface area contributed by atoms with Gasteiger partial charge in [0.05, 0.1) is 19.0 Å². The highest BCUT2D eigenvalue weighted by Crippen LogP contribution is 2.29. The second-order valence-electron chi connectivity index (χ2n) is 3.69. The van der Waals surface area contributed by atoms with Gasteiger partial charge in [0.1, 0.15) is 0 Å². The van der Waals surface area contributed by atoms with Gasteiger partial charge in [-0.25, -0.2) is 0 Å². The van der Waals surface area contributed by atoms with Crippen LogP contribution in [0.5, 0.6) is 11.5 Å². The van der Waals surface area contributed by atoms with E-state index in [2.05, 4.69) is 20.3 Å². The van der Waals surface area contributed by atoms with Crippen molar-refractivity contribution in [2.24, 2.45) is 0 Å². The first kappa shape index (κ1) is 13.8. The van der Waals surface area contributed by atoms with Crippen LogP contribution in [0, 0.1) is 0 Å². The number of hydrogen-bond donors (Lipinski definition) is 2. The fourth-order valence-corrected chi connectivity index (χ4v) is 1.53. The molecule has 2 aromatic rings. The van der Waals surface area contributed by atoms with Gasteiger partial charge in [-0.3, -0.25) is 9.89 Å². The van der Waals surface area contributed by atoms with Crippen molar-refractivity contribution >= 4 is 11.6 Å². The van der Waals surface area contributed by atoms with Gasteiger partial charge in [-0.05, 0) is 18.2 Å². The Morgan fingerprint density at radius 3 is 2.80 bits per heavy atom. The summed E-state index contributed by atoms with van der Waals surface area (Å²) in [6.07, 6.45) is 2.90. The molecule has 2 rings (SSSR count). The minimum absolute atomic E-state index is 0.116. The number of aromatic nitrogens is 2. The van der Waals surface area contributed by atoms with Crippen LogP contribution in [0.3, 0.4) is 0 Å². The number of hydrogen-bond acceptors (Lipinski definition) is 4. The van der Waals surface area contributed by atoms with Crippen molar-refractivity contribution in [3.8, 4) is 11.5 Å². The molecule has 0 spiro atoms. The van der Waals surface area contributed by atoms with Crippen LogP contribution in [0.2, 0.25) is 0 Å². The van der Waals surface area contributed by atoms with Crippen molar-refractivity contribution in [3.63, 3.8) is 0 Å². The van der Waals surface area contributed by atoms with Gasteiger partial charge in [0.25, 0.3) is 5.91 Å². The molecule has 106 valence electrons. The highest BCUT2D eigenvalue weighted by Gasteiger charge is 2.14. The molecule has 0 aliphatic carbocycles. The fourth-order valence-electron chi connectivity index (χ4n) is 1.53. The first-order valence-electron chi connectivity index (χ1n) is 5.53. The Labute approximate surface area is 112 Å². The number of nitrogens with zero attached hydrogens (tertiary/aromatic N) is 1. The van der Waals surface area contributed by atoms with Crippen LogP contribution in [-0.2, 0) is 0 Å². The molecular weight excluding hydrogens is 272 g/mol. The van der Waals surface area contributed by atoms with Crippen molar-refractivity contribution in [1.82, 2.24) is 10.2 Å². The maximum atomic E-state index is 12.3. The van der Waals surface area contributed by atoms with E-state index in [1.807, 2.05) is 0 Å². The number of rotatable bonds is 5. The van der Waals surface area contributed by atoms with E-state index in [0.717, 1.165) is 0 Å². The van der Waals surface area contributed by atoms with Crippen LogP contribution < -0.4 is 14.8 Å². The molecule has 20 heavy (non-hydrogen) atoms. The summed E-state index contributed by atoms with van der Waals surface area (Å²) in [4.78, 5) is 11.9. The summed E-state index contributed by atoms with van der Waals surface area (Å²) in [5.74, 6) is -0.569. The Balaban J connectivity index is 2.21. The predicted octanol–water partition coefficient (Wildman–Crippen LogP) is 2.27. The lowest BCUT2D eigenvalue weighted by Gasteiger charge is -2.11. The van der Waals surface area contributed by atoms with Crippen LogP contribution >= 0.6 is 0 Å². The van der Waals surface area contributed by atoms with E-state index in [-0.39, 0.29) is 17.1 Å². The summed E-state index contributed by atoms with van der Waals surface area (Å²) >= 11 is 0. The molecule has 1 aromatic heterocycles. The van der Waals surface area contributed by atoms with E-state index in [1.54, 1.807) is 0 Å². The predicted molar refractivity (Wildman–Crippen MR) is 66.2 cm³/mol. The Morgan fingerprint density at radius 1 is 1.40 bits per heavy atom. The third kappa shape index (κ3) is 3.22. The van der Waals surface area contributed by atoms with Crippen LogP contribution in [0.4, 0.5) is 14.5 Å². The van der Waals surface area contributed by atoms with Gasteiger partial charge in [0.15, 0.2) is 11.5 Å². The number of amides is 1. The van der Waals surface area contributed by atoms with Gasteiger partial charge < -0.3 is 14.8 Å². The Bertz CT molecular complexity index is 588. The second-order valence-corrected chi connectivity index (χ2v) is 3.69. The minimum atomic E-state index is -3.00. The number of ether oxygens (including phenoxy) is 2. The summed E-state index contributed by atoms with van der Waals surface area (Å²) in [6.45, 7) is -3.00. The fraction of sp³-hybridized carbons (Fsp3) is 0.167. The van der Waals surface area contributed by atoms with Gasteiger partial charge in [-0.15, -0.1) is 0 Å². The molecule has 0 radical (unpaired) electrons. The molecule has 0 saturated carbocycles. The molecule has 0 bridgehead atoms. The monoisotopic (exact) mass is 283 g/mol. The molecule has 0 atom stereocenters. The molecule has 0 saturated heterocycles. The Morgan fingerprint density at radius 2 is 2.20 bits per heavy atom. The van der Waals surface area contributed by atoms with Crippen molar-refractivity contribution in [2.45, 2.75) is 6.61 Å². The van der Waals surface area contributed by atoms with Crippen molar-refractivity contribution in [1.29, 1.82) is 0 Å². The second kappa shape index (κ2) is 6.00. The first-order chi connectivity index (χ1) is 9.60. The Hall–Kier alpha value is -2.64. The maximum Gasteiger partial charge on any atom is 0.387 e. The average Bonchev–Trinajstić information content (AvgIpc) is 2.90. The standard InChI is InChI=1S/C12H11F2N3O3/c1-19-9-3-2-7(4-10(9)20-12(13)14)11(18)17-8-5-15-16-6-8/h2-6,12H,1H3,(H,15,16)(H,17,18). The number of H-pyrrole nitrogens is 1. The normalized spacial score (nSPS) is 10.4. The largest absolute Gasteiger partial charge is 0.493 e. The number of methoxy groups -OCH3 is 1. The van der Waals surface area contributed by atoms with E-state index < -0.39 is 12.5 Å². The summed E-state index contributed by atoms with van der Waals surface area (Å²) < 4.78 is 33.8. The molecule has 1 amide bonds. The van der Waals surface area contributed by atoms with Gasteiger partial charge in [0, 0.05) is 11.8 Å². The van der Waals surface area contributed by atoms with E-state index in [4.69, 9.17) is 4.74 Å². The molecule has 8 heteroatoms. The number of alkyl halides is 2. The van der Waals surface area contributed by atoms with Gasteiger partial charge >= 0.3 is 6.61 Å². The topological polar surface area (TPSA) is 76.2 Å². The van der Waals surface area contributed by atoms with Crippen molar-refractivity contribution in [2.75, 3.05) is 12.4 Å². The third-order valence-corrected chi connectivity index (χ3v) is 2.40. The molecular formula is C12H11F2N3O3. The Kier molecular flexibility index (Phi) is 4.14. The SMILES string of the molecule is COc1ccc(C(=O)Nc2cn[nH]c2)cc1OC(F)F. The van der Waals surface area contributed by atoms with Crippen molar-refractivity contribution < 1.29 is 23.0 Å². The highest BCUT2D eigenvalue weighted by molar-refractivity contribution is 6.04. The number of carbonyl (C=O) groups excluding carboxylic acids is 1. The number of anilines is 1. The molecule has 1 heterocycles. The first-order valence-corrected chi connectivity index (χ1v) is 5.53. The number of halogens is 2. The average molecular weight is 283 g/mol. The lowest BCUT2D eigenvalue weighted by Crippen LogP contribution is -2.12. The van der Waals surface area contributed by atoms with Crippen LogP contribution in [0.15, 0.2) is 30.6 Å². The summed E-state index contributed by atoms with van der Waals surface area (Å²) in [5, 5.41) is 8.74. The van der Waals surface area contributed by atoms with Gasteiger partial charge in [-0.1, -0.05) is 0 Å². The maximum absolute atomic E-state index is 12.3. The molecule has 0 fully saturated rings. The van der Waals surface area contributed by atoms with Crippen LogP contribution in [-0.4, -0.2) is 29.8 Å². The lowest BCUT2D eigenvalue weighted by atomic mass is 10.2. The molecule has 1 aromatic carbocycles. The summed E-state index contributed by atoms with van der Waals surface area (Å²) in [6, 6.07) is 4.00. The van der Waals surface area contributed by atoms with Gasteiger partial charge in [0.2, 0.25) is 0 Å². The number of nitrogens with one attached hydrogen (secondary N) is 2. The summed E-state index contributed by atoms with van der Waals surface area (Å²) in [5.41, 5.74) is 0.616. The van der Waals surface area contributed by atoms with E-state index in [0.29, 0.717) is 5.69 Å². The quantitative estimate of drug-likeness (QED) is 0.882. The molecule has 0 aliphatic heterocycles. The zero-order valence-corrected chi connectivity index (χ0v) is 10.4. The molecule has 2 N–H and O–H groups in total. The van der Waals surface area contributed by atoms with E-state index in [9.17, 15) is 13.6 Å². The third-order valence-electron chi connectivity index (χ3n) is 2.40. The number of benzene rings is 1. The lowest BCUT2D eigenvalue weighted by molar-refractivity contribution is -0.0512. The molecule has 0 aliphatic rings. The number of aromatic amines is 1. The molecule has 0 unspecified atom stereocenters. The van der Waals surface area contributed by atoms with Crippen LogP contribution in [0.25, 0.3) is 0 Å². The smallest absolute Gasteiger partial charge is 0.387 e. The molecule has 6 nitrogen and oxygen atoms in total. The zero-order valence-electron chi connectivity index (χ0n) is 10.4. The van der Waals surface area contributed by atoms with Crippen LogP contribution in [0.1, 0.15) is 10.4 Å². The summed E-state index contributed by atoms with van der Waals surface area (Å²) in [7, 11) is 1.32.